The Morgan fingerprint density at radius 3 is 2.36 bits per heavy atom. The summed E-state index contributed by atoms with van der Waals surface area (Å²) in [5.74, 6) is -1.38. The van der Waals surface area contributed by atoms with Crippen LogP contribution in [0.1, 0.15) is 60.5 Å². The fourth-order valence-electron chi connectivity index (χ4n) is 8.39. The zero-order chi connectivity index (χ0) is 29.9. The third-order valence-electron chi connectivity index (χ3n) is 10.7. The number of piperidine rings is 1. The van der Waals surface area contributed by atoms with Crippen LogP contribution in [0.5, 0.6) is 0 Å². The Bertz CT molecular complexity index is 2000. The van der Waals surface area contributed by atoms with E-state index < -0.39 is 11.7 Å². The zero-order valence-corrected chi connectivity index (χ0v) is 24.5. The van der Waals surface area contributed by atoms with E-state index in [1.807, 2.05) is 36.4 Å². The molecular formula is C35H32F2N6O2. The predicted octanol–water partition coefficient (Wildman–Crippen LogP) is 6.33. The molecule has 5 aliphatic rings. The molecule has 3 aromatic carbocycles. The largest absolute Gasteiger partial charge is 0.346 e. The maximum absolute atomic E-state index is 16.2. The zero-order valence-electron chi connectivity index (χ0n) is 24.5. The number of aromatic nitrogens is 4. The number of alkyl halides is 2. The minimum Gasteiger partial charge on any atom is -0.346 e. The van der Waals surface area contributed by atoms with Crippen molar-refractivity contribution >= 4 is 11.0 Å². The molecule has 0 unspecified atom stereocenters. The van der Waals surface area contributed by atoms with Crippen molar-refractivity contribution in [2.45, 2.75) is 55.5 Å². The fraction of sp³-hybridized carbons (Fsp3) is 0.371. The van der Waals surface area contributed by atoms with Gasteiger partial charge in [0.05, 0.1) is 54.8 Å². The molecule has 0 radical (unpaired) electrons. The number of benzene rings is 3. The standard InChI is InChI=1S/C35H32F2N6O2/c36-35(37)25-12-18(19-4-8-27-28(14-19)42-33(41-27)31-21-1-5-22(11-21)40-31)2-6-23(25)24-7-3-20(13-26(24)35)30-16-38-32(43-30)29-15-34(17-39-29)44-9-10-45-34/h2-4,6-8,12-14,16,21-22,29,31,39-40H,1,5,9-11,15,17H2,(H,38,43)(H,41,42)/t21-,22-,29+,31+/m1/s1. The second-order valence-corrected chi connectivity index (χ2v) is 13.3. The minimum atomic E-state index is -3.13. The molecule has 0 amide bonds. The molecule has 3 aliphatic heterocycles. The highest BCUT2D eigenvalue weighted by atomic mass is 19.3. The Hall–Kier alpha value is -3.96. The van der Waals surface area contributed by atoms with Crippen molar-refractivity contribution in [2.75, 3.05) is 19.8 Å². The van der Waals surface area contributed by atoms with Crippen LogP contribution < -0.4 is 10.6 Å². The molecule has 8 nitrogen and oxygen atoms in total. The van der Waals surface area contributed by atoms with E-state index >= 15 is 8.78 Å². The summed E-state index contributed by atoms with van der Waals surface area (Å²) >= 11 is 0. The van der Waals surface area contributed by atoms with Crippen LogP contribution in [0.3, 0.4) is 0 Å². The number of H-pyrrole nitrogens is 2. The molecule has 10 heteroatoms. The van der Waals surface area contributed by atoms with Crippen molar-refractivity contribution < 1.29 is 18.3 Å². The van der Waals surface area contributed by atoms with Gasteiger partial charge >= 0.3 is 0 Å². The Morgan fingerprint density at radius 1 is 0.822 bits per heavy atom. The molecule has 1 saturated carbocycles. The van der Waals surface area contributed by atoms with E-state index in [0.717, 1.165) is 33.8 Å². The van der Waals surface area contributed by atoms with Gasteiger partial charge in [0.15, 0.2) is 5.79 Å². The van der Waals surface area contributed by atoms with Crippen molar-refractivity contribution in [1.82, 2.24) is 30.6 Å². The molecule has 5 aromatic rings. The van der Waals surface area contributed by atoms with Crippen LogP contribution in [0, 0.1) is 5.92 Å². The average Bonchev–Trinajstić information content (AvgIpc) is 3.91. The number of fused-ring (bicyclic) bond motifs is 6. The highest BCUT2D eigenvalue weighted by Gasteiger charge is 2.46. The van der Waals surface area contributed by atoms with Gasteiger partial charge in [0.25, 0.3) is 5.92 Å². The summed E-state index contributed by atoms with van der Waals surface area (Å²) in [6.45, 7) is 1.77. The highest BCUT2D eigenvalue weighted by Crippen LogP contribution is 2.53. The van der Waals surface area contributed by atoms with Gasteiger partial charge in [-0.3, -0.25) is 0 Å². The summed E-state index contributed by atoms with van der Waals surface area (Å²) in [5.41, 5.74) is 6.02. The monoisotopic (exact) mass is 606 g/mol. The van der Waals surface area contributed by atoms with E-state index in [-0.39, 0.29) is 23.2 Å². The quantitative estimate of drug-likeness (QED) is 0.191. The maximum Gasteiger partial charge on any atom is 0.299 e. The molecule has 45 heavy (non-hydrogen) atoms. The number of nitrogens with one attached hydrogen (secondary N) is 4. The Kier molecular flexibility index (Phi) is 5.43. The van der Waals surface area contributed by atoms with Gasteiger partial charge in [0.2, 0.25) is 0 Å². The first-order valence-electron chi connectivity index (χ1n) is 15.9. The van der Waals surface area contributed by atoms with Crippen molar-refractivity contribution in [3.63, 3.8) is 0 Å². The number of hydrogen-bond acceptors (Lipinski definition) is 6. The Labute approximate surface area is 258 Å². The topological polar surface area (TPSA) is 99.9 Å². The number of halogens is 2. The van der Waals surface area contributed by atoms with Crippen molar-refractivity contribution in [1.29, 1.82) is 0 Å². The van der Waals surface area contributed by atoms with Crippen LogP contribution in [0.15, 0.2) is 60.8 Å². The third kappa shape index (κ3) is 3.95. The van der Waals surface area contributed by atoms with Gasteiger partial charge in [-0.05, 0) is 71.7 Å². The summed E-state index contributed by atoms with van der Waals surface area (Å²) in [5, 5.41) is 7.12. The molecule has 4 N–H and O–H groups in total. The molecule has 4 atom stereocenters. The minimum absolute atomic E-state index is 0.0148. The molecule has 10 rings (SSSR count). The third-order valence-corrected chi connectivity index (χ3v) is 10.7. The molecule has 228 valence electrons. The van der Waals surface area contributed by atoms with Gasteiger partial charge < -0.3 is 30.1 Å². The molecule has 2 bridgehead atoms. The number of aromatic amines is 2. The van der Waals surface area contributed by atoms with Crippen molar-refractivity contribution in [2.24, 2.45) is 5.92 Å². The molecular weight excluding hydrogens is 574 g/mol. The van der Waals surface area contributed by atoms with Crippen LogP contribution in [0.25, 0.3) is 44.5 Å². The van der Waals surface area contributed by atoms with Gasteiger partial charge in [-0.1, -0.05) is 30.3 Å². The fourth-order valence-corrected chi connectivity index (χ4v) is 8.39. The van der Waals surface area contributed by atoms with E-state index in [1.165, 1.54) is 19.3 Å². The normalized spacial score (nSPS) is 27.2. The first kappa shape index (κ1) is 26.3. The van der Waals surface area contributed by atoms with Crippen LogP contribution >= 0.6 is 0 Å². The van der Waals surface area contributed by atoms with E-state index in [1.54, 1.807) is 24.4 Å². The number of nitrogens with zero attached hydrogens (tertiary/aromatic N) is 2. The summed E-state index contributed by atoms with van der Waals surface area (Å²) in [6, 6.07) is 17.5. The smallest absolute Gasteiger partial charge is 0.299 e. The van der Waals surface area contributed by atoms with E-state index in [0.29, 0.717) is 60.5 Å². The lowest BCUT2D eigenvalue weighted by Gasteiger charge is -2.20. The van der Waals surface area contributed by atoms with E-state index in [2.05, 4.69) is 25.6 Å². The summed E-state index contributed by atoms with van der Waals surface area (Å²) in [6.07, 6.45) is 6.06. The molecule has 2 aliphatic carbocycles. The average molecular weight is 607 g/mol. The number of ether oxygens (including phenoxy) is 2. The number of imidazole rings is 2. The van der Waals surface area contributed by atoms with Gasteiger partial charge in [0, 0.05) is 29.2 Å². The SMILES string of the molecule is FC1(F)c2cc(-c3ccc4nc([C@H]5N[C@@H]6CC[C@@H]5C6)[nH]c4c3)ccc2-c2ccc(-c3cnc([C@@H]4CC5(CN4)OCCO5)[nH]3)cc21. The van der Waals surface area contributed by atoms with Crippen LogP contribution in [-0.2, 0) is 15.4 Å². The second kappa shape index (κ2) is 9.29. The Morgan fingerprint density at radius 2 is 1.58 bits per heavy atom. The Balaban J connectivity index is 0.936. The summed E-state index contributed by atoms with van der Waals surface area (Å²) in [4.78, 5) is 16.3. The van der Waals surface area contributed by atoms with E-state index in [9.17, 15) is 0 Å². The van der Waals surface area contributed by atoms with Gasteiger partial charge in [-0.25, -0.2) is 9.97 Å². The highest BCUT2D eigenvalue weighted by molar-refractivity contribution is 5.86. The lowest BCUT2D eigenvalue weighted by Crippen LogP contribution is -2.32. The molecule has 1 spiro atoms. The van der Waals surface area contributed by atoms with Gasteiger partial charge in [-0.15, -0.1) is 0 Å². The lowest BCUT2D eigenvalue weighted by atomic mass is 9.98. The molecule has 2 aromatic heterocycles. The molecule has 5 heterocycles. The molecule has 4 fully saturated rings. The number of rotatable bonds is 4. The first-order chi connectivity index (χ1) is 21.9. The van der Waals surface area contributed by atoms with Crippen LogP contribution in [-0.4, -0.2) is 51.5 Å². The first-order valence-corrected chi connectivity index (χ1v) is 15.9. The van der Waals surface area contributed by atoms with Gasteiger partial charge in [0.1, 0.15) is 11.6 Å². The van der Waals surface area contributed by atoms with Crippen LogP contribution in [0.4, 0.5) is 8.78 Å². The van der Waals surface area contributed by atoms with E-state index in [4.69, 9.17) is 14.5 Å². The van der Waals surface area contributed by atoms with Crippen molar-refractivity contribution in [3.05, 3.63) is 83.6 Å². The second-order valence-electron chi connectivity index (χ2n) is 13.3. The summed E-state index contributed by atoms with van der Waals surface area (Å²) in [7, 11) is 0. The van der Waals surface area contributed by atoms with Gasteiger partial charge in [-0.2, -0.15) is 8.78 Å². The molecule has 3 saturated heterocycles. The number of hydrogen-bond donors (Lipinski definition) is 4. The van der Waals surface area contributed by atoms with Crippen molar-refractivity contribution in [3.8, 4) is 33.5 Å². The maximum atomic E-state index is 16.2. The van der Waals surface area contributed by atoms with Crippen LogP contribution in [0.2, 0.25) is 0 Å². The summed E-state index contributed by atoms with van der Waals surface area (Å²) < 4.78 is 43.9. The predicted molar refractivity (Wildman–Crippen MR) is 165 cm³/mol. The lowest BCUT2D eigenvalue weighted by molar-refractivity contribution is -0.141.